The molecule has 2 nitrogen and oxygen atoms in total. The van der Waals surface area contributed by atoms with Crippen molar-refractivity contribution in [3.05, 3.63) is 66.2 Å². The summed E-state index contributed by atoms with van der Waals surface area (Å²) in [5, 5.41) is 0. The molecule has 0 unspecified atom stereocenters. The summed E-state index contributed by atoms with van der Waals surface area (Å²) in [7, 11) is 0. The van der Waals surface area contributed by atoms with Crippen molar-refractivity contribution in [3.8, 4) is 0 Å². The normalized spacial score (nSPS) is 19.9. The summed E-state index contributed by atoms with van der Waals surface area (Å²) in [6.45, 7) is 0. The Hall–Kier alpha value is -2.00. The second kappa shape index (κ2) is 5.89. The monoisotopic (exact) mass is 320 g/mol. The summed E-state index contributed by atoms with van der Waals surface area (Å²) < 4.78 is 0. The first kappa shape index (κ1) is 14.6. The second-order valence-corrected chi connectivity index (χ2v) is 6.73. The molecule has 0 amide bonds. The van der Waals surface area contributed by atoms with E-state index in [2.05, 4.69) is 59.5 Å². The van der Waals surface area contributed by atoms with Crippen LogP contribution in [0.1, 0.15) is 37.7 Å². The van der Waals surface area contributed by atoms with Gasteiger partial charge < -0.3 is 4.90 Å². The summed E-state index contributed by atoms with van der Waals surface area (Å²) in [6, 6.07) is 20.9. The van der Waals surface area contributed by atoms with Crippen LogP contribution >= 0.6 is 12.2 Å². The minimum Gasteiger partial charge on any atom is -0.305 e. The van der Waals surface area contributed by atoms with Crippen molar-refractivity contribution >= 4 is 28.6 Å². The molecule has 4 rings (SSSR count). The van der Waals surface area contributed by atoms with E-state index in [-0.39, 0.29) is 5.66 Å². The van der Waals surface area contributed by atoms with Crippen LogP contribution in [0.4, 0.5) is 5.69 Å². The summed E-state index contributed by atoms with van der Waals surface area (Å²) in [4.78, 5) is 8.36. The Bertz CT molecular complexity index is 731. The van der Waals surface area contributed by atoms with Crippen LogP contribution in [-0.4, -0.2) is 16.4 Å². The molecule has 2 aromatic carbocycles. The summed E-state index contributed by atoms with van der Waals surface area (Å²) >= 11 is 5.87. The Balaban J connectivity index is 1.82. The van der Waals surface area contributed by atoms with Crippen LogP contribution in [0.15, 0.2) is 65.7 Å². The van der Waals surface area contributed by atoms with Crippen molar-refractivity contribution < 1.29 is 0 Å². The number of aliphatic imine (C=N–C) groups is 1. The minimum atomic E-state index is -0.179. The molecule has 1 heterocycles. The van der Waals surface area contributed by atoms with Crippen molar-refractivity contribution in [2.45, 2.75) is 37.8 Å². The topological polar surface area (TPSA) is 15.6 Å². The van der Waals surface area contributed by atoms with Gasteiger partial charge >= 0.3 is 0 Å². The van der Waals surface area contributed by atoms with Gasteiger partial charge in [-0.05, 0) is 37.8 Å². The smallest absolute Gasteiger partial charge is 0.137 e. The fraction of sp³-hybridized carbons (Fsp3) is 0.300. The molecule has 0 radical (unpaired) electrons. The van der Waals surface area contributed by atoms with E-state index in [4.69, 9.17) is 17.2 Å². The molecule has 1 aliphatic heterocycles. The molecule has 2 aromatic rings. The van der Waals surface area contributed by atoms with Gasteiger partial charge in [0.15, 0.2) is 0 Å². The maximum absolute atomic E-state index is 5.87. The van der Waals surface area contributed by atoms with Crippen LogP contribution < -0.4 is 4.90 Å². The van der Waals surface area contributed by atoms with Gasteiger partial charge in [-0.1, -0.05) is 67.2 Å². The molecule has 2 aliphatic rings. The van der Waals surface area contributed by atoms with E-state index < -0.39 is 0 Å². The Kier molecular flexibility index (Phi) is 3.74. The van der Waals surface area contributed by atoms with Crippen LogP contribution in [0.25, 0.3) is 0 Å². The van der Waals surface area contributed by atoms with Crippen molar-refractivity contribution in [1.29, 1.82) is 0 Å². The number of para-hydroxylation sites is 1. The maximum atomic E-state index is 5.87. The van der Waals surface area contributed by atoms with Crippen LogP contribution in [-0.2, 0) is 0 Å². The number of anilines is 1. The molecule has 0 atom stereocenters. The van der Waals surface area contributed by atoms with E-state index in [0.29, 0.717) is 0 Å². The molecule has 1 aliphatic carbocycles. The lowest BCUT2D eigenvalue weighted by atomic mass is 9.88. The molecule has 1 saturated carbocycles. The minimum absolute atomic E-state index is 0.179. The van der Waals surface area contributed by atoms with Gasteiger partial charge in [-0.15, -0.1) is 0 Å². The summed E-state index contributed by atoms with van der Waals surface area (Å²) in [5.74, 6) is 0. The fourth-order valence-corrected chi connectivity index (χ4v) is 4.21. The van der Waals surface area contributed by atoms with E-state index in [1.54, 1.807) is 0 Å². The van der Waals surface area contributed by atoms with Crippen molar-refractivity contribution in [1.82, 2.24) is 0 Å². The average Bonchev–Trinajstić information content (AvgIpc) is 2.89. The predicted octanol–water partition coefficient (Wildman–Crippen LogP) is 4.98. The maximum Gasteiger partial charge on any atom is 0.137 e. The van der Waals surface area contributed by atoms with Crippen LogP contribution in [0.2, 0.25) is 0 Å². The van der Waals surface area contributed by atoms with E-state index in [1.165, 1.54) is 19.3 Å². The Morgan fingerprint density at radius 1 is 0.826 bits per heavy atom. The number of nitrogens with zero attached hydrogens (tertiary/aromatic N) is 2. The van der Waals surface area contributed by atoms with Crippen LogP contribution in [0, 0.1) is 0 Å². The highest BCUT2D eigenvalue weighted by molar-refractivity contribution is 7.82. The lowest BCUT2D eigenvalue weighted by Crippen LogP contribution is -2.47. The van der Waals surface area contributed by atoms with Crippen LogP contribution in [0.5, 0.6) is 0 Å². The zero-order valence-corrected chi connectivity index (χ0v) is 13.9. The number of hydrogen-bond acceptors (Lipinski definition) is 2. The fourth-order valence-electron chi connectivity index (χ4n) is 3.77. The van der Waals surface area contributed by atoms with Gasteiger partial charge in [0.1, 0.15) is 16.4 Å². The quantitative estimate of drug-likeness (QED) is 0.725. The van der Waals surface area contributed by atoms with E-state index in [9.17, 15) is 0 Å². The molecule has 0 N–H and O–H groups in total. The standard InChI is InChI=1S/C20H20N2S/c23-19-18(16-10-4-1-5-11-16)21-20(14-8-3-9-15-20)22(19)17-12-6-2-7-13-17/h1-2,4-7,10-13H,3,8-9,14-15H2. The van der Waals surface area contributed by atoms with Crippen LogP contribution in [0.3, 0.4) is 0 Å². The third-order valence-electron chi connectivity index (χ3n) is 4.86. The SMILES string of the molecule is S=C1C(c2ccccc2)=NC2(CCCCC2)N1c1ccccc1. The molecule has 1 fully saturated rings. The van der Waals surface area contributed by atoms with Gasteiger partial charge in [0.2, 0.25) is 0 Å². The molecule has 3 heteroatoms. The number of benzene rings is 2. The highest BCUT2D eigenvalue weighted by Gasteiger charge is 2.46. The van der Waals surface area contributed by atoms with E-state index in [0.717, 1.165) is 34.8 Å². The zero-order valence-electron chi connectivity index (χ0n) is 13.1. The molecule has 0 bridgehead atoms. The molecule has 1 spiro atoms. The van der Waals surface area contributed by atoms with Gasteiger partial charge in [0.25, 0.3) is 0 Å². The Morgan fingerprint density at radius 3 is 2.09 bits per heavy atom. The molecule has 0 saturated heterocycles. The van der Waals surface area contributed by atoms with Gasteiger partial charge in [-0.3, -0.25) is 4.99 Å². The first-order valence-electron chi connectivity index (χ1n) is 8.35. The first-order valence-corrected chi connectivity index (χ1v) is 8.76. The zero-order chi connectivity index (χ0) is 15.7. The molecule has 116 valence electrons. The number of thiocarbonyl (C=S) groups is 1. The predicted molar refractivity (Wildman–Crippen MR) is 100 cm³/mol. The van der Waals surface area contributed by atoms with Gasteiger partial charge in [-0.25, -0.2) is 0 Å². The highest BCUT2D eigenvalue weighted by Crippen LogP contribution is 2.42. The van der Waals surface area contributed by atoms with E-state index in [1.807, 2.05) is 6.07 Å². The molecular weight excluding hydrogens is 300 g/mol. The average molecular weight is 320 g/mol. The Morgan fingerprint density at radius 2 is 1.43 bits per heavy atom. The highest BCUT2D eigenvalue weighted by atomic mass is 32.1. The number of hydrogen-bond donors (Lipinski definition) is 0. The summed E-state index contributed by atoms with van der Waals surface area (Å²) in [6.07, 6.45) is 5.90. The second-order valence-electron chi connectivity index (χ2n) is 6.35. The van der Waals surface area contributed by atoms with Gasteiger partial charge in [-0.2, -0.15) is 0 Å². The van der Waals surface area contributed by atoms with Gasteiger partial charge in [0, 0.05) is 11.3 Å². The summed E-state index contributed by atoms with van der Waals surface area (Å²) in [5.41, 5.74) is 3.09. The van der Waals surface area contributed by atoms with Crippen molar-refractivity contribution in [2.24, 2.45) is 4.99 Å². The molecule has 23 heavy (non-hydrogen) atoms. The van der Waals surface area contributed by atoms with Crippen molar-refractivity contribution in [3.63, 3.8) is 0 Å². The lowest BCUT2D eigenvalue weighted by molar-refractivity contribution is 0.316. The van der Waals surface area contributed by atoms with Gasteiger partial charge in [0.05, 0.1) is 0 Å². The third-order valence-corrected chi connectivity index (χ3v) is 5.23. The molecular formula is C20H20N2S. The lowest BCUT2D eigenvalue weighted by Gasteiger charge is -2.40. The van der Waals surface area contributed by atoms with E-state index >= 15 is 0 Å². The number of rotatable bonds is 2. The Labute approximate surface area is 142 Å². The van der Waals surface area contributed by atoms with Crippen molar-refractivity contribution in [2.75, 3.05) is 4.90 Å². The molecule has 0 aromatic heterocycles. The largest absolute Gasteiger partial charge is 0.305 e. The first-order chi connectivity index (χ1) is 11.3. The third kappa shape index (κ3) is 2.49.